The highest BCUT2D eigenvalue weighted by atomic mass is 32.1. The fourth-order valence-corrected chi connectivity index (χ4v) is 0.122. The Morgan fingerprint density at radius 3 is 1.75 bits per heavy atom. The van der Waals surface area contributed by atoms with Crippen LogP contribution in [-0.4, -0.2) is 17.4 Å². The van der Waals surface area contributed by atoms with Crippen LogP contribution in [-0.2, 0) is 0 Å². The molecule has 0 aliphatic carbocycles. The van der Waals surface area contributed by atoms with E-state index in [0.717, 1.165) is 13.1 Å². The van der Waals surface area contributed by atoms with Crippen LogP contribution in [0.2, 0.25) is 0 Å². The van der Waals surface area contributed by atoms with Gasteiger partial charge in [-0.25, -0.2) is 4.31 Å². The maximum absolute atomic E-state index is 4.56. The van der Waals surface area contributed by atoms with E-state index in [0.29, 0.717) is 0 Å². The van der Waals surface area contributed by atoms with Crippen LogP contribution in [0.3, 0.4) is 0 Å². The molecule has 1 fully saturated rings. The first-order valence-corrected chi connectivity index (χ1v) is 1.68. The van der Waals surface area contributed by atoms with E-state index in [-0.39, 0.29) is 0 Å². The van der Waals surface area contributed by atoms with E-state index in [1.54, 1.807) is 0 Å². The number of hydrogen-bond acceptors (Lipinski definition) is 1. The quantitative estimate of drug-likeness (QED) is 0.376. The van der Waals surface area contributed by atoms with Gasteiger partial charge in [0.1, 0.15) is 0 Å². The number of nitrogens with zero attached hydrogens (tertiary/aromatic N) is 1. The largest absolute Gasteiger partial charge is 0.238 e. The van der Waals surface area contributed by atoms with Crippen LogP contribution in [0.4, 0.5) is 0 Å². The van der Waals surface area contributed by atoms with Crippen molar-refractivity contribution < 1.29 is 0 Å². The Morgan fingerprint density at radius 1 is 1.50 bits per heavy atom. The molecule has 0 saturated carbocycles. The molecule has 0 unspecified atom stereocenters. The molecule has 1 aliphatic heterocycles. The predicted octanol–water partition coefficient (Wildman–Crippen LogP) is 0.415. The summed E-state index contributed by atoms with van der Waals surface area (Å²) in [6.45, 7) is 2.27. The summed E-state index contributed by atoms with van der Waals surface area (Å²) in [4.78, 5) is 0. The zero-order valence-electron chi connectivity index (χ0n) is 2.27. The molecule has 1 radical (unpaired) electrons. The normalized spacial score (nSPS) is 26.2. The van der Waals surface area contributed by atoms with Crippen LogP contribution >= 0.6 is 12.8 Å². The molecule has 0 atom stereocenters. The Hall–Kier alpha value is 0.310. The molecule has 0 spiro atoms. The summed E-state index contributed by atoms with van der Waals surface area (Å²) in [6, 6.07) is 0. The van der Waals surface area contributed by atoms with E-state index < -0.39 is 0 Å². The Morgan fingerprint density at radius 2 is 1.75 bits per heavy atom. The molecule has 1 aliphatic rings. The lowest BCUT2D eigenvalue weighted by Crippen LogP contribution is -1.60. The van der Waals surface area contributed by atoms with E-state index in [9.17, 15) is 0 Å². The van der Waals surface area contributed by atoms with Gasteiger partial charge in [0.25, 0.3) is 0 Å². The van der Waals surface area contributed by atoms with Crippen molar-refractivity contribution in [1.29, 1.82) is 0 Å². The SMILES string of the molecule is [S]N1CC1. The minimum atomic E-state index is 1.13. The second-order valence-electron chi connectivity index (χ2n) is 0.929. The van der Waals surface area contributed by atoms with Crippen LogP contribution < -0.4 is 0 Å². The Bertz CT molecular complexity index is 25.2. The van der Waals surface area contributed by atoms with Crippen LogP contribution in [0.5, 0.6) is 0 Å². The average Bonchev–Trinajstić information content (AvgIpc) is 1.75. The summed E-state index contributed by atoms with van der Waals surface area (Å²) in [5.74, 6) is 0. The highest BCUT2D eigenvalue weighted by Crippen LogP contribution is 2.03. The van der Waals surface area contributed by atoms with Gasteiger partial charge in [-0.05, 0) is 0 Å². The highest BCUT2D eigenvalue weighted by molar-refractivity contribution is 7.78. The number of rotatable bonds is 0. The fraction of sp³-hybridized carbons (Fsp3) is 1.00. The first-order chi connectivity index (χ1) is 1.89. The van der Waals surface area contributed by atoms with Crippen LogP contribution in [0, 0.1) is 0 Å². The molecule has 23 valence electrons. The number of hydrogen-bond donors (Lipinski definition) is 0. The van der Waals surface area contributed by atoms with Gasteiger partial charge in [-0.1, -0.05) is 0 Å². The van der Waals surface area contributed by atoms with Crippen LogP contribution in [0.1, 0.15) is 0 Å². The van der Waals surface area contributed by atoms with Crippen molar-refractivity contribution in [2.24, 2.45) is 0 Å². The standard InChI is InChI=1S/C2H4NS/c4-3-1-2-3/h1-2H2. The minimum absolute atomic E-state index is 1.13. The van der Waals surface area contributed by atoms with Crippen molar-refractivity contribution in [2.75, 3.05) is 13.1 Å². The monoisotopic (exact) mass is 74.0 g/mol. The molecule has 2 heteroatoms. The van der Waals surface area contributed by atoms with E-state index in [1.807, 2.05) is 4.31 Å². The second-order valence-corrected chi connectivity index (χ2v) is 1.45. The first-order valence-electron chi connectivity index (χ1n) is 1.32. The lowest BCUT2D eigenvalue weighted by atomic mass is 11.0. The molecular formula is C2H4NS. The van der Waals surface area contributed by atoms with E-state index in [2.05, 4.69) is 12.8 Å². The van der Waals surface area contributed by atoms with Gasteiger partial charge in [0.2, 0.25) is 0 Å². The molecule has 4 heavy (non-hydrogen) atoms. The van der Waals surface area contributed by atoms with E-state index in [1.165, 1.54) is 0 Å². The Labute approximate surface area is 31.1 Å². The van der Waals surface area contributed by atoms with Crippen molar-refractivity contribution in [3.63, 3.8) is 0 Å². The van der Waals surface area contributed by atoms with Crippen molar-refractivity contribution in [3.8, 4) is 0 Å². The summed E-state index contributed by atoms with van der Waals surface area (Å²) in [7, 11) is 0. The molecule has 1 rings (SSSR count). The van der Waals surface area contributed by atoms with Crippen molar-refractivity contribution in [2.45, 2.75) is 0 Å². The predicted molar refractivity (Wildman–Crippen MR) is 19.2 cm³/mol. The van der Waals surface area contributed by atoms with Gasteiger partial charge in [0.15, 0.2) is 0 Å². The van der Waals surface area contributed by atoms with E-state index >= 15 is 0 Å². The minimum Gasteiger partial charge on any atom is -0.238 e. The second kappa shape index (κ2) is 0.626. The Kier molecular flexibility index (Phi) is 0.398. The average molecular weight is 74.1 g/mol. The molecule has 1 saturated heterocycles. The first kappa shape index (κ1) is 2.54. The van der Waals surface area contributed by atoms with Crippen LogP contribution in [0.15, 0.2) is 0 Å². The van der Waals surface area contributed by atoms with Gasteiger partial charge >= 0.3 is 0 Å². The third-order valence-electron chi connectivity index (χ3n) is 0.406. The molecule has 0 bridgehead atoms. The van der Waals surface area contributed by atoms with Crippen LogP contribution in [0.25, 0.3) is 0 Å². The van der Waals surface area contributed by atoms with Gasteiger partial charge < -0.3 is 0 Å². The zero-order chi connectivity index (χ0) is 2.99. The molecule has 1 nitrogen and oxygen atoms in total. The molecule has 1 heterocycles. The summed E-state index contributed by atoms with van der Waals surface area (Å²) in [5, 5.41) is 0. The molecule has 0 N–H and O–H groups in total. The van der Waals surface area contributed by atoms with Crippen molar-refractivity contribution in [1.82, 2.24) is 4.31 Å². The third kappa shape index (κ3) is 0.362. The highest BCUT2D eigenvalue weighted by Gasteiger charge is 2.10. The molecule has 0 aromatic rings. The lowest BCUT2D eigenvalue weighted by molar-refractivity contribution is 0.970. The lowest BCUT2D eigenvalue weighted by Gasteiger charge is -1.61. The van der Waals surface area contributed by atoms with Gasteiger partial charge in [-0.2, -0.15) is 0 Å². The smallest absolute Gasteiger partial charge is 0.0236 e. The zero-order valence-corrected chi connectivity index (χ0v) is 3.09. The Balaban J connectivity index is 2.17. The molecule has 0 aromatic carbocycles. The van der Waals surface area contributed by atoms with Gasteiger partial charge in [-0.15, -0.1) is 0 Å². The maximum Gasteiger partial charge on any atom is 0.0236 e. The molecule has 0 amide bonds. The topological polar surface area (TPSA) is 3.01 Å². The summed E-state index contributed by atoms with van der Waals surface area (Å²) < 4.78 is 1.83. The summed E-state index contributed by atoms with van der Waals surface area (Å²) >= 11 is 4.56. The van der Waals surface area contributed by atoms with Crippen molar-refractivity contribution in [3.05, 3.63) is 0 Å². The fourth-order valence-electron chi connectivity index (χ4n) is 0.0408. The van der Waals surface area contributed by atoms with Gasteiger partial charge in [-0.3, -0.25) is 0 Å². The summed E-state index contributed by atoms with van der Waals surface area (Å²) in [6.07, 6.45) is 0. The van der Waals surface area contributed by atoms with Crippen molar-refractivity contribution >= 4 is 12.8 Å². The molecule has 0 aromatic heterocycles. The molecular weight excluding hydrogens is 70.1 g/mol. The van der Waals surface area contributed by atoms with Gasteiger partial charge in [0.05, 0.1) is 0 Å². The third-order valence-corrected chi connectivity index (χ3v) is 0.771. The van der Waals surface area contributed by atoms with E-state index in [4.69, 9.17) is 0 Å². The van der Waals surface area contributed by atoms with Gasteiger partial charge in [0, 0.05) is 25.9 Å². The maximum atomic E-state index is 4.56. The summed E-state index contributed by atoms with van der Waals surface area (Å²) in [5.41, 5.74) is 0.